The van der Waals surface area contributed by atoms with Crippen molar-refractivity contribution in [2.24, 2.45) is 5.92 Å². The summed E-state index contributed by atoms with van der Waals surface area (Å²) in [6.07, 6.45) is 2.33. The van der Waals surface area contributed by atoms with E-state index in [-0.39, 0.29) is 11.6 Å². The van der Waals surface area contributed by atoms with Crippen molar-refractivity contribution in [3.63, 3.8) is 0 Å². The molecule has 1 unspecified atom stereocenters. The number of hydrogen-bond donors (Lipinski definition) is 1. The van der Waals surface area contributed by atoms with Gasteiger partial charge in [0.1, 0.15) is 11.6 Å². The molecule has 134 valence electrons. The van der Waals surface area contributed by atoms with Gasteiger partial charge < -0.3 is 10.1 Å². The molecule has 0 amide bonds. The minimum absolute atomic E-state index is 0.109. The molecule has 0 bridgehead atoms. The van der Waals surface area contributed by atoms with Gasteiger partial charge in [0.2, 0.25) is 5.82 Å². The number of rotatable bonds is 6. The summed E-state index contributed by atoms with van der Waals surface area (Å²) in [6, 6.07) is 4.09. The van der Waals surface area contributed by atoms with E-state index in [4.69, 9.17) is 4.74 Å². The van der Waals surface area contributed by atoms with Crippen LogP contribution in [0.3, 0.4) is 0 Å². The molecule has 1 atom stereocenters. The van der Waals surface area contributed by atoms with Crippen LogP contribution in [0.1, 0.15) is 49.7 Å². The van der Waals surface area contributed by atoms with Gasteiger partial charge in [-0.1, -0.05) is 0 Å². The van der Waals surface area contributed by atoms with Crippen LogP contribution in [0.15, 0.2) is 16.9 Å². The lowest BCUT2D eigenvalue weighted by atomic mass is 10.1. The van der Waals surface area contributed by atoms with Gasteiger partial charge in [-0.05, 0) is 76.6 Å². The Morgan fingerprint density at radius 1 is 1.28 bits per heavy atom. The Balaban J connectivity index is 1.95. The van der Waals surface area contributed by atoms with E-state index in [0.717, 1.165) is 35.4 Å². The highest BCUT2D eigenvalue weighted by atomic mass is 16.5. The average Bonchev–Trinajstić information content (AvgIpc) is 3.39. The van der Waals surface area contributed by atoms with Crippen LogP contribution in [-0.2, 0) is 0 Å². The molecule has 1 fully saturated rings. The largest absolute Gasteiger partial charge is 0.494 e. The lowest BCUT2D eigenvalue weighted by Gasteiger charge is -2.17. The van der Waals surface area contributed by atoms with Crippen LogP contribution in [0.4, 0.5) is 11.5 Å². The predicted molar refractivity (Wildman–Crippen MR) is 98.8 cm³/mol. The standard InChI is InChI=1S/C19H26N4O2/c1-6-25-17-10-11(2)16(9-12(17)3)21-18-19(24)23(22-14(5)20-18)13(4)15-7-8-15/h9-10,13,15H,6-8H2,1-5H3,(H,20,21,22). The van der Waals surface area contributed by atoms with Crippen molar-refractivity contribution in [1.82, 2.24) is 14.8 Å². The highest BCUT2D eigenvalue weighted by molar-refractivity contribution is 5.63. The Hall–Kier alpha value is -2.37. The quantitative estimate of drug-likeness (QED) is 0.867. The number of nitrogens with zero attached hydrogens (tertiary/aromatic N) is 3. The van der Waals surface area contributed by atoms with E-state index in [1.807, 2.05) is 39.8 Å². The summed E-state index contributed by atoms with van der Waals surface area (Å²) in [5.41, 5.74) is 2.72. The first-order chi connectivity index (χ1) is 11.9. The van der Waals surface area contributed by atoms with Crippen molar-refractivity contribution >= 4 is 11.5 Å². The van der Waals surface area contributed by atoms with Crippen molar-refractivity contribution in [1.29, 1.82) is 0 Å². The zero-order chi connectivity index (χ0) is 18.1. The summed E-state index contributed by atoms with van der Waals surface area (Å²) < 4.78 is 7.21. The summed E-state index contributed by atoms with van der Waals surface area (Å²) in [4.78, 5) is 17.1. The number of nitrogens with one attached hydrogen (secondary N) is 1. The third kappa shape index (κ3) is 3.67. The van der Waals surface area contributed by atoms with E-state index < -0.39 is 0 Å². The van der Waals surface area contributed by atoms with Gasteiger partial charge in [0, 0.05) is 5.69 Å². The molecule has 3 rings (SSSR count). The Labute approximate surface area is 148 Å². The minimum Gasteiger partial charge on any atom is -0.494 e. The van der Waals surface area contributed by atoms with Crippen LogP contribution in [0, 0.1) is 26.7 Å². The highest BCUT2D eigenvalue weighted by Gasteiger charge is 2.31. The van der Waals surface area contributed by atoms with Crippen LogP contribution in [0.2, 0.25) is 0 Å². The first-order valence-electron chi connectivity index (χ1n) is 8.89. The number of ether oxygens (including phenoxy) is 1. The number of aryl methyl sites for hydroxylation is 3. The summed E-state index contributed by atoms with van der Waals surface area (Å²) in [5, 5.41) is 7.55. The van der Waals surface area contributed by atoms with Crippen LogP contribution >= 0.6 is 0 Å². The molecule has 1 heterocycles. The summed E-state index contributed by atoms with van der Waals surface area (Å²) in [5.74, 6) is 2.33. The molecule has 0 spiro atoms. The van der Waals surface area contributed by atoms with E-state index in [9.17, 15) is 4.79 Å². The van der Waals surface area contributed by atoms with Crippen molar-refractivity contribution in [2.45, 2.75) is 53.5 Å². The Bertz CT molecular complexity index is 840. The predicted octanol–water partition coefficient (Wildman–Crippen LogP) is 3.68. The van der Waals surface area contributed by atoms with Crippen molar-refractivity contribution < 1.29 is 4.74 Å². The van der Waals surface area contributed by atoms with Gasteiger partial charge >= 0.3 is 5.56 Å². The SMILES string of the molecule is CCOc1cc(C)c(Nc2nc(C)nn(C(C)C3CC3)c2=O)cc1C. The van der Waals surface area contributed by atoms with E-state index in [2.05, 4.69) is 22.3 Å². The lowest BCUT2D eigenvalue weighted by molar-refractivity contribution is 0.337. The van der Waals surface area contributed by atoms with Crippen LogP contribution in [-0.4, -0.2) is 21.4 Å². The summed E-state index contributed by atoms with van der Waals surface area (Å²) in [6.45, 7) is 10.5. The molecular weight excluding hydrogens is 316 g/mol. The molecular formula is C19H26N4O2. The van der Waals surface area contributed by atoms with Crippen molar-refractivity contribution in [3.05, 3.63) is 39.4 Å². The smallest absolute Gasteiger partial charge is 0.310 e. The third-order valence-electron chi connectivity index (χ3n) is 4.70. The van der Waals surface area contributed by atoms with Gasteiger partial charge in [0.05, 0.1) is 12.6 Å². The van der Waals surface area contributed by atoms with Gasteiger partial charge in [-0.15, -0.1) is 0 Å². The molecule has 6 heteroatoms. The first kappa shape index (κ1) is 17.5. The molecule has 1 aromatic heterocycles. The molecule has 25 heavy (non-hydrogen) atoms. The normalized spacial score (nSPS) is 15.1. The second-order valence-electron chi connectivity index (χ2n) is 6.83. The zero-order valence-electron chi connectivity index (χ0n) is 15.6. The van der Waals surface area contributed by atoms with Gasteiger partial charge in [-0.25, -0.2) is 9.67 Å². The maximum Gasteiger partial charge on any atom is 0.310 e. The Morgan fingerprint density at radius 2 is 2.00 bits per heavy atom. The van der Waals surface area contributed by atoms with Crippen LogP contribution < -0.4 is 15.6 Å². The lowest BCUT2D eigenvalue weighted by Crippen LogP contribution is -2.30. The Kier molecular flexibility index (Phi) is 4.79. The van der Waals surface area contributed by atoms with Gasteiger partial charge in [-0.3, -0.25) is 4.79 Å². The fourth-order valence-electron chi connectivity index (χ4n) is 3.04. The van der Waals surface area contributed by atoms with Gasteiger partial charge in [0.15, 0.2) is 0 Å². The second-order valence-corrected chi connectivity index (χ2v) is 6.83. The molecule has 0 saturated heterocycles. The molecule has 1 N–H and O–H groups in total. The number of hydrogen-bond acceptors (Lipinski definition) is 5. The van der Waals surface area contributed by atoms with E-state index in [1.165, 1.54) is 0 Å². The zero-order valence-corrected chi connectivity index (χ0v) is 15.6. The summed E-state index contributed by atoms with van der Waals surface area (Å²) >= 11 is 0. The molecule has 2 aromatic rings. The Morgan fingerprint density at radius 3 is 2.64 bits per heavy atom. The van der Waals surface area contributed by atoms with Crippen LogP contribution in [0.25, 0.3) is 0 Å². The molecule has 1 saturated carbocycles. The first-order valence-corrected chi connectivity index (χ1v) is 8.89. The van der Waals surface area contributed by atoms with Crippen LogP contribution in [0.5, 0.6) is 5.75 Å². The van der Waals surface area contributed by atoms with E-state index >= 15 is 0 Å². The van der Waals surface area contributed by atoms with Gasteiger partial charge in [-0.2, -0.15) is 5.10 Å². The van der Waals surface area contributed by atoms with Crippen molar-refractivity contribution in [2.75, 3.05) is 11.9 Å². The number of aromatic nitrogens is 3. The minimum atomic E-state index is -0.170. The fraction of sp³-hybridized carbons (Fsp3) is 0.526. The maximum atomic E-state index is 12.8. The highest BCUT2D eigenvalue weighted by Crippen LogP contribution is 2.38. The number of anilines is 2. The monoisotopic (exact) mass is 342 g/mol. The molecule has 6 nitrogen and oxygen atoms in total. The van der Waals surface area contributed by atoms with E-state index in [0.29, 0.717) is 24.2 Å². The van der Waals surface area contributed by atoms with Gasteiger partial charge in [0.25, 0.3) is 0 Å². The van der Waals surface area contributed by atoms with E-state index in [1.54, 1.807) is 4.68 Å². The number of benzene rings is 1. The fourth-order valence-corrected chi connectivity index (χ4v) is 3.04. The topological polar surface area (TPSA) is 69.0 Å². The molecule has 1 aliphatic carbocycles. The summed E-state index contributed by atoms with van der Waals surface area (Å²) in [7, 11) is 0. The molecule has 1 aromatic carbocycles. The molecule has 1 aliphatic rings. The molecule has 0 aliphatic heterocycles. The third-order valence-corrected chi connectivity index (χ3v) is 4.70. The van der Waals surface area contributed by atoms with Crippen molar-refractivity contribution in [3.8, 4) is 5.75 Å². The average molecular weight is 342 g/mol. The molecule has 0 radical (unpaired) electrons. The maximum absolute atomic E-state index is 12.8. The second kappa shape index (κ2) is 6.86.